The number of carbonyl (C=O) groups is 1. The molecule has 30 heavy (non-hydrogen) atoms. The third-order valence-corrected chi connectivity index (χ3v) is 7.07. The molecule has 2 aliphatic rings. The molecule has 0 aromatic heterocycles. The molecule has 1 amide bonds. The molecule has 6 nitrogen and oxygen atoms in total. The van der Waals surface area contributed by atoms with Gasteiger partial charge in [-0.15, -0.1) is 0 Å². The van der Waals surface area contributed by atoms with Crippen molar-refractivity contribution in [1.29, 1.82) is 0 Å². The molecule has 0 saturated carbocycles. The smallest absolute Gasteiger partial charge is 0.263 e. The highest BCUT2D eigenvalue weighted by molar-refractivity contribution is 7.92. The zero-order valence-electron chi connectivity index (χ0n) is 17.4. The summed E-state index contributed by atoms with van der Waals surface area (Å²) in [4.78, 5) is 13.1. The van der Waals surface area contributed by atoms with E-state index in [9.17, 15) is 13.2 Å². The van der Waals surface area contributed by atoms with Crippen LogP contribution in [-0.4, -0.2) is 33.2 Å². The fraction of sp³-hybridized carbons (Fsp3) is 0.435. The summed E-state index contributed by atoms with van der Waals surface area (Å²) in [6.45, 7) is 1.99. The van der Waals surface area contributed by atoms with Crippen molar-refractivity contribution in [3.8, 4) is 5.75 Å². The lowest BCUT2D eigenvalue weighted by Crippen LogP contribution is -2.51. The number of para-hydroxylation sites is 2. The van der Waals surface area contributed by atoms with Gasteiger partial charge in [0.25, 0.3) is 5.91 Å². The van der Waals surface area contributed by atoms with Crippen molar-refractivity contribution >= 4 is 21.6 Å². The van der Waals surface area contributed by atoms with Gasteiger partial charge in [0, 0.05) is 0 Å². The van der Waals surface area contributed by atoms with Crippen LogP contribution in [0.3, 0.4) is 0 Å². The molecule has 0 unspecified atom stereocenters. The molecule has 2 aromatic carbocycles. The van der Waals surface area contributed by atoms with E-state index in [-0.39, 0.29) is 18.5 Å². The molecule has 0 radical (unpaired) electrons. The molecule has 2 atom stereocenters. The second kappa shape index (κ2) is 8.30. The zero-order valence-corrected chi connectivity index (χ0v) is 18.2. The fourth-order valence-corrected chi connectivity index (χ4v) is 5.22. The van der Waals surface area contributed by atoms with Gasteiger partial charge in [-0.1, -0.05) is 37.3 Å². The summed E-state index contributed by atoms with van der Waals surface area (Å²) >= 11 is 0. The minimum atomic E-state index is -3.53. The molecular weight excluding hydrogens is 400 g/mol. The lowest BCUT2D eigenvalue weighted by molar-refractivity contribution is -0.128. The highest BCUT2D eigenvalue weighted by Crippen LogP contribution is 2.35. The number of nitrogens with zero attached hydrogens (tertiary/aromatic N) is 1. The van der Waals surface area contributed by atoms with Crippen LogP contribution in [0.15, 0.2) is 42.5 Å². The first-order chi connectivity index (χ1) is 14.4. The van der Waals surface area contributed by atoms with E-state index >= 15 is 0 Å². The number of benzene rings is 2. The summed E-state index contributed by atoms with van der Waals surface area (Å²) in [6.07, 6.45) is 5.62. The van der Waals surface area contributed by atoms with E-state index in [0.29, 0.717) is 11.4 Å². The molecular formula is C23H28N2O4S. The van der Waals surface area contributed by atoms with Gasteiger partial charge in [-0.05, 0) is 60.9 Å². The standard InChI is InChI=1S/C23H28N2O4S/c1-3-19(18-13-12-16-8-4-5-9-17(16)14-18)24-23(26)22-15-25(30(2,27)28)20-10-6-7-11-21(20)29-22/h6-7,10-14,19,22H,3-5,8-9,15H2,1-2H3,(H,24,26)/t19-,22-/m1/s1. The van der Waals surface area contributed by atoms with Gasteiger partial charge < -0.3 is 10.1 Å². The van der Waals surface area contributed by atoms with Crippen LogP contribution in [0.5, 0.6) is 5.75 Å². The van der Waals surface area contributed by atoms with E-state index in [1.165, 1.54) is 28.3 Å². The van der Waals surface area contributed by atoms with Crippen LogP contribution in [-0.2, 0) is 27.7 Å². The maximum atomic E-state index is 13.1. The second-order valence-electron chi connectivity index (χ2n) is 8.07. The number of hydrogen-bond acceptors (Lipinski definition) is 4. The van der Waals surface area contributed by atoms with E-state index in [1.807, 2.05) is 6.92 Å². The highest BCUT2D eigenvalue weighted by atomic mass is 32.2. The molecule has 2 aromatic rings. The third-order valence-electron chi connectivity index (χ3n) is 5.93. The van der Waals surface area contributed by atoms with E-state index < -0.39 is 16.1 Å². The maximum absolute atomic E-state index is 13.1. The van der Waals surface area contributed by atoms with Gasteiger partial charge in [0.15, 0.2) is 6.10 Å². The van der Waals surface area contributed by atoms with Crippen LogP contribution in [0.2, 0.25) is 0 Å². The van der Waals surface area contributed by atoms with Crippen LogP contribution in [0, 0.1) is 0 Å². The number of rotatable bonds is 5. The van der Waals surface area contributed by atoms with Crippen molar-refractivity contribution in [2.24, 2.45) is 0 Å². The van der Waals surface area contributed by atoms with Gasteiger partial charge in [0.2, 0.25) is 10.0 Å². The fourth-order valence-electron chi connectivity index (χ4n) is 4.31. The summed E-state index contributed by atoms with van der Waals surface area (Å²) in [5.74, 6) is 0.0962. The van der Waals surface area contributed by atoms with Crippen molar-refractivity contribution < 1.29 is 17.9 Å². The lowest BCUT2D eigenvalue weighted by atomic mass is 9.88. The van der Waals surface area contributed by atoms with Crippen LogP contribution in [0.4, 0.5) is 5.69 Å². The van der Waals surface area contributed by atoms with Crippen LogP contribution in [0.1, 0.15) is 48.9 Å². The first-order valence-electron chi connectivity index (χ1n) is 10.5. The Morgan fingerprint density at radius 1 is 1.17 bits per heavy atom. The molecule has 1 aliphatic carbocycles. The first-order valence-corrected chi connectivity index (χ1v) is 12.4. The van der Waals surface area contributed by atoms with E-state index in [1.54, 1.807) is 24.3 Å². The maximum Gasteiger partial charge on any atom is 0.263 e. The Hall–Kier alpha value is -2.54. The molecule has 160 valence electrons. The Labute approximate surface area is 178 Å². The molecule has 0 saturated heterocycles. The largest absolute Gasteiger partial charge is 0.476 e. The number of amides is 1. The topological polar surface area (TPSA) is 75.7 Å². The summed E-state index contributed by atoms with van der Waals surface area (Å²) in [5.41, 5.74) is 4.33. The number of fused-ring (bicyclic) bond motifs is 2. The monoisotopic (exact) mass is 428 g/mol. The van der Waals surface area contributed by atoms with Crippen LogP contribution >= 0.6 is 0 Å². The van der Waals surface area contributed by atoms with Gasteiger partial charge in [-0.3, -0.25) is 9.10 Å². The Balaban J connectivity index is 1.54. The third kappa shape index (κ3) is 4.17. The Bertz CT molecular complexity index is 1050. The van der Waals surface area contributed by atoms with Gasteiger partial charge in [-0.25, -0.2) is 8.42 Å². The number of hydrogen-bond donors (Lipinski definition) is 1. The first kappa shape index (κ1) is 20.7. The molecule has 0 bridgehead atoms. The predicted octanol–water partition coefficient (Wildman–Crippen LogP) is 3.36. The van der Waals surface area contributed by atoms with Crippen molar-refractivity contribution in [2.45, 2.75) is 51.2 Å². The highest BCUT2D eigenvalue weighted by Gasteiger charge is 2.35. The molecule has 1 heterocycles. The average Bonchev–Trinajstić information content (AvgIpc) is 2.75. The summed E-state index contributed by atoms with van der Waals surface area (Å²) in [6, 6.07) is 13.2. The van der Waals surface area contributed by atoms with Crippen LogP contribution < -0.4 is 14.4 Å². The van der Waals surface area contributed by atoms with Crippen LogP contribution in [0.25, 0.3) is 0 Å². The van der Waals surface area contributed by atoms with Crippen molar-refractivity contribution in [1.82, 2.24) is 5.32 Å². The summed E-state index contributed by atoms with van der Waals surface area (Å²) in [5, 5.41) is 3.08. The number of carbonyl (C=O) groups excluding carboxylic acids is 1. The minimum Gasteiger partial charge on any atom is -0.476 e. The zero-order chi connectivity index (χ0) is 21.3. The average molecular weight is 429 g/mol. The molecule has 0 spiro atoms. The molecule has 1 N–H and O–H groups in total. The lowest BCUT2D eigenvalue weighted by Gasteiger charge is -2.34. The quantitative estimate of drug-likeness (QED) is 0.792. The Morgan fingerprint density at radius 3 is 2.63 bits per heavy atom. The number of ether oxygens (including phenoxy) is 1. The number of nitrogens with one attached hydrogen (secondary N) is 1. The molecule has 4 rings (SSSR count). The SMILES string of the molecule is CC[C@@H](NC(=O)[C@H]1CN(S(C)(=O)=O)c2ccccc2O1)c1ccc2c(c1)CCCC2. The summed E-state index contributed by atoms with van der Waals surface area (Å²) in [7, 11) is -3.53. The second-order valence-corrected chi connectivity index (χ2v) is 9.98. The minimum absolute atomic E-state index is 0.0394. The van der Waals surface area contributed by atoms with Gasteiger partial charge in [0.05, 0.1) is 24.5 Å². The van der Waals surface area contributed by atoms with Crippen molar-refractivity contribution in [2.75, 3.05) is 17.1 Å². The Morgan fingerprint density at radius 2 is 1.90 bits per heavy atom. The predicted molar refractivity (Wildman–Crippen MR) is 117 cm³/mol. The van der Waals surface area contributed by atoms with Crippen molar-refractivity contribution in [3.63, 3.8) is 0 Å². The molecule has 7 heteroatoms. The van der Waals surface area contributed by atoms with E-state index in [0.717, 1.165) is 31.1 Å². The summed E-state index contributed by atoms with van der Waals surface area (Å²) < 4.78 is 31.7. The van der Waals surface area contributed by atoms with E-state index in [4.69, 9.17) is 4.74 Å². The molecule has 1 aliphatic heterocycles. The van der Waals surface area contributed by atoms with Crippen molar-refractivity contribution in [3.05, 3.63) is 59.2 Å². The van der Waals surface area contributed by atoms with Gasteiger partial charge in [0.1, 0.15) is 5.75 Å². The van der Waals surface area contributed by atoms with E-state index in [2.05, 4.69) is 23.5 Å². The van der Waals surface area contributed by atoms with Gasteiger partial charge >= 0.3 is 0 Å². The van der Waals surface area contributed by atoms with Gasteiger partial charge in [-0.2, -0.15) is 0 Å². The molecule has 0 fully saturated rings. The normalized spacial score (nSPS) is 19.3. The number of aryl methyl sites for hydroxylation is 2. The Kier molecular flexibility index (Phi) is 5.73. The number of anilines is 1. The number of sulfonamides is 1.